The molecule has 0 unspecified atom stereocenters. The highest BCUT2D eigenvalue weighted by molar-refractivity contribution is 6.30. The van der Waals surface area contributed by atoms with Crippen LogP contribution in [0.3, 0.4) is 0 Å². The van der Waals surface area contributed by atoms with Crippen LogP contribution in [0.15, 0.2) is 65.7 Å². The van der Waals surface area contributed by atoms with Gasteiger partial charge < -0.3 is 9.88 Å². The largest absolute Gasteiger partial charge is 0.354 e. The zero-order valence-corrected chi connectivity index (χ0v) is 16.3. The number of nitrogens with one attached hydrogen (secondary N) is 1. The van der Waals surface area contributed by atoms with Crippen molar-refractivity contribution in [2.45, 2.75) is 19.9 Å². The van der Waals surface area contributed by atoms with Crippen LogP contribution >= 0.6 is 11.6 Å². The lowest BCUT2D eigenvalue weighted by Gasteiger charge is -2.17. The van der Waals surface area contributed by atoms with Crippen molar-refractivity contribution < 1.29 is 0 Å². The van der Waals surface area contributed by atoms with Gasteiger partial charge >= 0.3 is 0 Å². The molecular formula is C22H21ClN4. The number of rotatable bonds is 3. The molecule has 2 aromatic carbocycles. The van der Waals surface area contributed by atoms with Crippen LogP contribution in [0.1, 0.15) is 13.8 Å². The SMILES string of the molecule is CC(C)/N=c1\cc2n(C)c3ccccc3nc-2cc1Nc1ccc(Cl)cc1. The molecule has 0 fully saturated rings. The van der Waals surface area contributed by atoms with Gasteiger partial charge in [0.1, 0.15) is 0 Å². The molecule has 1 heterocycles. The van der Waals surface area contributed by atoms with Crippen LogP contribution in [0.2, 0.25) is 5.02 Å². The Hall–Kier alpha value is -2.85. The van der Waals surface area contributed by atoms with Crippen molar-refractivity contribution in [1.82, 2.24) is 9.55 Å². The summed E-state index contributed by atoms with van der Waals surface area (Å²) in [5, 5.41) is 5.09. The lowest BCUT2D eigenvalue weighted by atomic mass is 10.1. The number of nitrogens with zero attached hydrogens (tertiary/aromatic N) is 3. The van der Waals surface area contributed by atoms with Crippen molar-refractivity contribution in [2.24, 2.45) is 12.0 Å². The van der Waals surface area contributed by atoms with E-state index in [1.165, 1.54) is 0 Å². The summed E-state index contributed by atoms with van der Waals surface area (Å²) in [4.78, 5) is 9.67. The second kappa shape index (κ2) is 7.05. The van der Waals surface area contributed by atoms with E-state index in [1.54, 1.807) is 0 Å². The molecule has 1 aliphatic carbocycles. The van der Waals surface area contributed by atoms with Gasteiger partial charge in [-0.2, -0.15) is 0 Å². The third kappa shape index (κ3) is 3.53. The van der Waals surface area contributed by atoms with E-state index in [0.29, 0.717) is 5.02 Å². The topological polar surface area (TPSA) is 42.2 Å². The number of halogens is 1. The fourth-order valence-electron chi connectivity index (χ4n) is 3.20. The Morgan fingerprint density at radius 3 is 2.52 bits per heavy atom. The highest BCUT2D eigenvalue weighted by atomic mass is 35.5. The van der Waals surface area contributed by atoms with Crippen molar-refractivity contribution in [2.75, 3.05) is 5.32 Å². The van der Waals surface area contributed by atoms with E-state index in [-0.39, 0.29) is 6.04 Å². The summed E-state index contributed by atoms with van der Waals surface area (Å²) in [6.07, 6.45) is 0. The second-order valence-electron chi connectivity index (χ2n) is 6.87. The molecule has 2 aromatic rings. The molecule has 4 nitrogen and oxygen atoms in total. The van der Waals surface area contributed by atoms with Crippen LogP contribution in [0.4, 0.5) is 11.4 Å². The molecule has 136 valence electrons. The van der Waals surface area contributed by atoms with Gasteiger partial charge in [0.25, 0.3) is 0 Å². The average molecular weight is 377 g/mol. The predicted octanol–water partition coefficient (Wildman–Crippen LogP) is 5.38. The van der Waals surface area contributed by atoms with Crippen LogP contribution < -0.4 is 10.7 Å². The minimum Gasteiger partial charge on any atom is -0.354 e. The van der Waals surface area contributed by atoms with E-state index in [0.717, 1.165) is 39.2 Å². The number of hydrogen-bond acceptors (Lipinski definition) is 3. The quantitative estimate of drug-likeness (QED) is 0.487. The van der Waals surface area contributed by atoms with Crippen LogP contribution in [-0.2, 0) is 7.05 Å². The Bertz CT molecular complexity index is 1140. The summed E-state index contributed by atoms with van der Waals surface area (Å²) in [7, 11) is 2.07. The average Bonchev–Trinajstić information content (AvgIpc) is 2.64. The molecule has 5 heteroatoms. The van der Waals surface area contributed by atoms with Crippen molar-refractivity contribution in [3.05, 3.63) is 71.0 Å². The molecule has 0 bridgehead atoms. The highest BCUT2D eigenvalue weighted by Crippen LogP contribution is 2.26. The number of benzene rings is 3. The van der Waals surface area contributed by atoms with Crippen LogP contribution in [0.25, 0.3) is 22.4 Å². The zero-order valence-electron chi connectivity index (χ0n) is 15.6. The van der Waals surface area contributed by atoms with Crippen LogP contribution in [0, 0.1) is 0 Å². The van der Waals surface area contributed by atoms with Gasteiger partial charge in [0, 0.05) is 23.8 Å². The molecule has 1 N–H and O–H groups in total. The van der Waals surface area contributed by atoms with E-state index < -0.39 is 0 Å². The van der Waals surface area contributed by atoms with Gasteiger partial charge in [0.15, 0.2) is 0 Å². The van der Waals surface area contributed by atoms with Gasteiger partial charge in [-0.15, -0.1) is 0 Å². The van der Waals surface area contributed by atoms with E-state index >= 15 is 0 Å². The summed E-state index contributed by atoms with van der Waals surface area (Å²) in [6.45, 7) is 4.16. The van der Waals surface area contributed by atoms with Crippen LogP contribution in [-0.4, -0.2) is 15.6 Å². The third-order valence-electron chi connectivity index (χ3n) is 4.46. The standard InChI is InChI=1S/C22H21ClN4/c1-14(2)24-19-13-22-20(26-17-6-4-5-7-21(17)27(22)3)12-18(19)25-16-10-8-15(23)9-11-16/h4-14,25H,1-3H3/b24-19+. The molecule has 0 atom stereocenters. The summed E-state index contributed by atoms with van der Waals surface area (Å²) in [6, 6.07) is 20.2. The minimum atomic E-state index is 0.187. The lowest BCUT2D eigenvalue weighted by molar-refractivity contribution is 0.805. The van der Waals surface area contributed by atoms with E-state index in [1.807, 2.05) is 42.5 Å². The van der Waals surface area contributed by atoms with Crippen molar-refractivity contribution >= 4 is 34.0 Å². The molecule has 1 aliphatic heterocycles. The van der Waals surface area contributed by atoms with Crippen molar-refractivity contribution in [1.29, 1.82) is 0 Å². The third-order valence-corrected chi connectivity index (χ3v) is 4.71. The van der Waals surface area contributed by atoms with Gasteiger partial charge in [0.05, 0.1) is 33.5 Å². The molecular weight excluding hydrogens is 356 g/mol. The normalized spacial score (nSPS) is 12.3. The number of aromatic nitrogens is 2. The Morgan fingerprint density at radius 2 is 1.78 bits per heavy atom. The Balaban J connectivity index is 1.95. The highest BCUT2D eigenvalue weighted by Gasteiger charge is 2.13. The fraction of sp³-hybridized carbons (Fsp3) is 0.182. The smallest absolute Gasteiger partial charge is 0.0896 e. The number of aryl methyl sites for hydroxylation is 1. The number of anilines is 2. The first-order chi connectivity index (χ1) is 13.0. The maximum atomic E-state index is 6.01. The number of hydrogen-bond donors (Lipinski definition) is 1. The maximum Gasteiger partial charge on any atom is 0.0896 e. The predicted molar refractivity (Wildman–Crippen MR) is 113 cm³/mol. The van der Waals surface area contributed by atoms with Crippen LogP contribution in [0.5, 0.6) is 0 Å². The van der Waals surface area contributed by atoms with Gasteiger partial charge in [-0.05, 0) is 62.4 Å². The summed E-state index contributed by atoms with van der Waals surface area (Å²) in [5.74, 6) is 0. The number of para-hydroxylation sites is 2. The molecule has 0 radical (unpaired) electrons. The number of fused-ring (bicyclic) bond motifs is 2. The molecule has 2 aliphatic rings. The van der Waals surface area contributed by atoms with Gasteiger partial charge in [0.2, 0.25) is 0 Å². The fourth-order valence-corrected chi connectivity index (χ4v) is 3.33. The summed E-state index contributed by atoms with van der Waals surface area (Å²) < 4.78 is 2.17. The first kappa shape index (κ1) is 17.6. The first-order valence-electron chi connectivity index (χ1n) is 8.97. The van der Waals surface area contributed by atoms with E-state index in [9.17, 15) is 0 Å². The Kier molecular flexibility index (Phi) is 4.58. The maximum absolute atomic E-state index is 6.01. The van der Waals surface area contributed by atoms with E-state index in [2.05, 4.69) is 49.0 Å². The molecule has 4 rings (SSSR count). The lowest BCUT2D eigenvalue weighted by Crippen LogP contribution is -2.16. The van der Waals surface area contributed by atoms with Crippen molar-refractivity contribution in [3.8, 4) is 11.4 Å². The Morgan fingerprint density at radius 1 is 1.04 bits per heavy atom. The zero-order chi connectivity index (χ0) is 19.0. The molecule has 0 saturated heterocycles. The first-order valence-corrected chi connectivity index (χ1v) is 9.35. The second-order valence-corrected chi connectivity index (χ2v) is 7.31. The molecule has 0 aromatic heterocycles. The molecule has 27 heavy (non-hydrogen) atoms. The molecule has 0 saturated carbocycles. The van der Waals surface area contributed by atoms with Gasteiger partial charge in [-0.25, -0.2) is 4.98 Å². The summed E-state index contributed by atoms with van der Waals surface area (Å²) >= 11 is 6.01. The minimum absolute atomic E-state index is 0.187. The molecule has 0 amide bonds. The van der Waals surface area contributed by atoms with Gasteiger partial charge in [-0.3, -0.25) is 4.99 Å². The monoisotopic (exact) mass is 376 g/mol. The molecule has 0 spiro atoms. The van der Waals surface area contributed by atoms with Gasteiger partial charge in [-0.1, -0.05) is 23.7 Å². The van der Waals surface area contributed by atoms with Crippen molar-refractivity contribution in [3.63, 3.8) is 0 Å². The Labute approximate surface area is 163 Å². The summed E-state index contributed by atoms with van der Waals surface area (Å²) in [5.41, 5.74) is 5.94. The van der Waals surface area contributed by atoms with E-state index in [4.69, 9.17) is 21.6 Å².